The van der Waals surface area contributed by atoms with Crippen LogP contribution in [0.25, 0.3) is 0 Å². The van der Waals surface area contributed by atoms with Gasteiger partial charge >= 0.3 is 0 Å². The Morgan fingerprint density at radius 1 is 1.36 bits per heavy atom. The van der Waals surface area contributed by atoms with Crippen LogP contribution < -0.4 is 5.73 Å². The van der Waals surface area contributed by atoms with Gasteiger partial charge in [0.1, 0.15) is 0 Å². The molecular weight excluding hydrogens is 174 g/mol. The van der Waals surface area contributed by atoms with Crippen LogP contribution in [0.3, 0.4) is 0 Å². The lowest BCUT2D eigenvalue weighted by Gasteiger charge is -2.30. The van der Waals surface area contributed by atoms with E-state index < -0.39 is 5.54 Å². The van der Waals surface area contributed by atoms with E-state index in [1.807, 2.05) is 30.3 Å². The first-order chi connectivity index (χ1) is 6.58. The number of hydrogen-bond donors (Lipinski definition) is 2. The standard InChI is InChI=1S/C12H19NO/c1-3-12(13,9-10(2)14)11-7-5-4-6-8-11/h4-8,10,14H,3,9,13H2,1-2H3. The van der Waals surface area contributed by atoms with Crippen LogP contribution in [0.15, 0.2) is 30.3 Å². The Labute approximate surface area is 85.8 Å². The summed E-state index contributed by atoms with van der Waals surface area (Å²) in [5.74, 6) is 0. The maximum Gasteiger partial charge on any atom is 0.0532 e. The predicted molar refractivity (Wildman–Crippen MR) is 58.9 cm³/mol. The molecule has 3 N–H and O–H groups in total. The Hall–Kier alpha value is -0.860. The van der Waals surface area contributed by atoms with E-state index in [4.69, 9.17) is 5.73 Å². The highest BCUT2D eigenvalue weighted by Gasteiger charge is 2.26. The molecule has 0 heterocycles. The average Bonchev–Trinajstić information content (AvgIpc) is 2.18. The van der Waals surface area contributed by atoms with Gasteiger partial charge in [-0.25, -0.2) is 0 Å². The summed E-state index contributed by atoms with van der Waals surface area (Å²) in [6.45, 7) is 3.83. The van der Waals surface area contributed by atoms with E-state index in [2.05, 4.69) is 6.92 Å². The van der Waals surface area contributed by atoms with Crippen molar-refractivity contribution in [2.45, 2.75) is 38.3 Å². The van der Waals surface area contributed by atoms with Gasteiger partial charge in [-0.05, 0) is 25.3 Å². The van der Waals surface area contributed by atoms with Crippen molar-refractivity contribution in [2.24, 2.45) is 5.73 Å². The van der Waals surface area contributed by atoms with Gasteiger partial charge in [0.25, 0.3) is 0 Å². The van der Waals surface area contributed by atoms with Gasteiger partial charge in [-0.3, -0.25) is 0 Å². The van der Waals surface area contributed by atoms with Gasteiger partial charge in [0, 0.05) is 5.54 Å². The molecule has 0 aliphatic carbocycles. The lowest BCUT2D eigenvalue weighted by atomic mass is 9.83. The SMILES string of the molecule is CCC(N)(CC(C)O)c1ccccc1. The second kappa shape index (κ2) is 4.58. The highest BCUT2D eigenvalue weighted by Crippen LogP contribution is 2.26. The third kappa shape index (κ3) is 2.56. The molecule has 0 radical (unpaired) electrons. The van der Waals surface area contributed by atoms with Crippen LogP contribution in [0.2, 0.25) is 0 Å². The Balaban J connectivity index is 2.90. The van der Waals surface area contributed by atoms with Gasteiger partial charge in [0.15, 0.2) is 0 Å². The largest absolute Gasteiger partial charge is 0.393 e. The number of benzene rings is 1. The summed E-state index contributed by atoms with van der Waals surface area (Å²) < 4.78 is 0. The summed E-state index contributed by atoms with van der Waals surface area (Å²) in [6, 6.07) is 9.98. The summed E-state index contributed by atoms with van der Waals surface area (Å²) >= 11 is 0. The second-order valence-electron chi connectivity index (χ2n) is 3.93. The van der Waals surface area contributed by atoms with Gasteiger partial charge in [-0.15, -0.1) is 0 Å². The molecule has 0 fully saturated rings. The highest BCUT2D eigenvalue weighted by atomic mass is 16.3. The minimum atomic E-state index is -0.393. The van der Waals surface area contributed by atoms with Crippen molar-refractivity contribution in [1.29, 1.82) is 0 Å². The average molecular weight is 193 g/mol. The van der Waals surface area contributed by atoms with Crippen molar-refractivity contribution < 1.29 is 5.11 Å². The number of hydrogen-bond acceptors (Lipinski definition) is 2. The van der Waals surface area contributed by atoms with Crippen LogP contribution >= 0.6 is 0 Å². The molecule has 2 heteroatoms. The van der Waals surface area contributed by atoms with Crippen molar-refractivity contribution in [2.75, 3.05) is 0 Å². The Bertz CT molecular complexity index is 271. The molecule has 0 aliphatic heterocycles. The minimum absolute atomic E-state index is 0.361. The number of aliphatic hydroxyl groups is 1. The molecule has 0 saturated carbocycles. The molecular formula is C12H19NO. The number of rotatable bonds is 4. The van der Waals surface area contributed by atoms with Gasteiger partial charge in [-0.2, -0.15) is 0 Å². The maximum absolute atomic E-state index is 9.40. The monoisotopic (exact) mass is 193 g/mol. The molecule has 0 aromatic heterocycles. The first-order valence-electron chi connectivity index (χ1n) is 5.11. The van der Waals surface area contributed by atoms with E-state index in [0.29, 0.717) is 6.42 Å². The summed E-state index contributed by atoms with van der Waals surface area (Å²) in [5.41, 5.74) is 6.97. The molecule has 0 bridgehead atoms. The van der Waals surface area contributed by atoms with Gasteiger partial charge in [-0.1, -0.05) is 37.3 Å². The second-order valence-corrected chi connectivity index (χ2v) is 3.93. The fourth-order valence-corrected chi connectivity index (χ4v) is 1.76. The molecule has 0 spiro atoms. The lowest BCUT2D eigenvalue weighted by Crippen LogP contribution is -2.38. The molecule has 1 rings (SSSR count). The first kappa shape index (κ1) is 11.2. The quantitative estimate of drug-likeness (QED) is 0.768. The molecule has 0 saturated heterocycles. The van der Waals surface area contributed by atoms with E-state index in [1.54, 1.807) is 6.92 Å². The third-order valence-corrected chi connectivity index (χ3v) is 2.64. The number of nitrogens with two attached hydrogens (primary N) is 1. The first-order valence-corrected chi connectivity index (χ1v) is 5.11. The van der Waals surface area contributed by atoms with Crippen LogP contribution in [0.1, 0.15) is 32.3 Å². The van der Waals surface area contributed by atoms with Crippen LogP contribution in [0, 0.1) is 0 Å². The lowest BCUT2D eigenvalue weighted by molar-refractivity contribution is 0.146. The van der Waals surface area contributed by atoms with Crippen molar-refractivity contribution in [3.05, 3.63) is 35.9 Å². The molecule has 1 aromatic carbocycles. The van der Waals surface area contributed by atoms with E-state index in [-0.39, 0.29) is 6.10 Å². The zero-order valence-corrected chi connectivity index (χ0v) is 8.90. The Morgan fingerprint density at radius 2 is 1.93 bits per heavy atom. The van der Waals surface area contributed by atoms with Gasteiger partial charge < -0.3 is 10.8 Å². The van der Waals surface area contributed by atoms with E-state index in [0.717, 1.165) is 12.0 Å². The van der Waals surface area contributed by atoms with Crippen molar-refractivity contribution in [3.63, 3.8) is 0 Å². The smallest absolute Gasteiger partial charge is 0.0532 e. The fourth-order valence-electron chi connectivity index (χ4n) is 1.76. The Kier molecular flexibility index (Phi) is 3.67. The molecule has 14 heavy (non-hydrogen) atoms. The Morgan fingerprint density at radius 3 is 2.36 bits per heavy atom. The maximum atomic E-state index is 9.40. The van der Waals surface area contributed by atoms with Crippen LogP contribution in [-0.2, 0) is 5.54 Å². The zero-order valence-electron chi connectivity index (χ0n) is 8.90. The molecule has 78 valence electrons. The van der Waals surface area contributed by atoms with Gasteiger partial charge in [0.05, 0.1) is 6.10 Å². The highest BCUT2D eigenvalue weighted by molar-refractivity contribution is 5.23. The van der Waals surface area contributed by atoms with Crippen molar-refractivity contribution >= 4 is 0 Å². The topological polar surface area (TPSA) is 46.2 Å². The molecule has 2 unspecified atom stereocenters. The molecule has 1 aromatic rings. The van der Waals surface area contributed by atoms with Crippen LogP contribution in [-0.4, -0.2) is 11.2 Å². The predicted octanol–water partition coefficient (Wildman–Crippen LogP) is 2.02. The normalized spacial score (nSPS) is 17.4. The molecule has 2 nitrogen and oxygen atoms in total. The van der Waals surface area contributed by atoms with Crippen molar-refractivity contribution in [3.8, 4) is 0 Å². The minimum Gasteiger partial charge on any atom is -0.393 e. The number of aliphatic hydroxyl groups excluding tert-OH is 1. The van der Waals surface area contributed by atoms with E-state index >= 15 is 0 Å². The van der Waals surface area contributed by atoms with E-state index in [9.17, 15) is 5.11 Å². The van der Waals surface area contributed by atoms with Gasteiger partial charge in [0.2, 0.25) is 0 Å². The molecule has 0 amide bonds. The van der Waals surface area contributed by atoms with Crippen molar-refractivity contribution in [1.82, 2.24) is 0 Å². The molecule has 2 atom stereocenters. The third-order valence-electron chi connectivity index (χ3n) is 2.64. The zero-order chi connectivity index (χ0) is 10.6. The molecule has 0 aliphatic rings. The summed E-state index contributed by atoms with van der Waals surface area (Å²) in [4.78, 5) is 0. The van der Waals surface area contributed by atoms with Crippen LogP contribution in [0.4, 0.5) is 0 Å². The fraction of sp³-hybridized carbons (Fsp3) is 0.500. The summed E-state index contributed by atoms with van der Waals surface area (Å²) in [7, 11) is 0. The van der Waals surface area contributed by atoms with E-state index in [1.165, 1.54) is 0 Å². The summed E-state index contributed by atoms with van der Waals surface area (Å²) in [6.07, 6.45) is 1.08. The van der Waals surface area contributed by atoms with Crippen LogP contribution in [0.5, 0.6) is 0 Å². The summed E-state index contributed by atoms with van der Waals surface area (Å²) in [5, 5.41) is 9.40.